The SMILES string of the molecule is CCC(=O)C/C=C(/c1ccccc1)c1cc(Br)ccc1NC(=O)CC. The molecule has 2 rings (SSSR count). The second-order valence-corrected chi connectivity index (χ2v) is 6.59. The lowest BCUT2D eigenvalue weighted by Gasteiger charge is -2.15. The van der Waals surface area contributed by atoms with E-state index in [4.69, 9.17) is 0 Å². The van der Waals surface area contributed by atoms with E-state index in [1.807, 2.05) is 68.5 Å². The van der Waals surface area contributed by atoms with E-state index < -0.39 is 0 Å². The van der Waals surface area contributed by atoms with Crippen LogP contribution in [0.5, 0.6) is 0 Å². The van der Waals surface area contributed by atoms with Crippen LogP contribution in [0.2, 0.25) is 0 Å². The highest BCUT2D eigenvalue weighted by molar-refractivity contribution is 9.10. The van der Waals surface area contributed by atoms with E-state index >= 15 is 0 Å². The van der Waals surface area contributed by atoms with Crippen molar-refractivity contribution in [2.24, 2.45) is 0 Å². The summed E-state index contributed by atoms with van der Waals surface area (Å²) in [5, 5.41) is 2.95. The van der Waals surface area contributed by atoms with Crippen molar-refractivity contribution >= 4 is 38.9 Å². The second kappa shape index (κ2) is 9.33. The number of carbonyl (C=O) groups excluding carboxylic acids is 2. The number of hydrogen-bond donors (Lipinski definition) is 1. The maximum atomic E-state index is 11.9. The number of ketones is 1. The molecule has 0 fully saturated rings. The molecule has 0 spiro atoms. The van der Waals surface area contributed by atoms with Crippen LogP contribution in [-0.2, 0) is 9.59 Å². The smallest absolute Gasteiger partial charge is 0.224 e. The van der Waals surface area contributed by atoms with E-state index in [1.165, 1.54) is 0 Å². The molecular formula is C21H22BrNO2. The van der Waals surface area contributed by atoms with E-state index in [0.29, 0.717) is 19.3 Å². The number of benzene rings is 2. The lowest BCUT2D eigenvalue weighted by Crippen LogP contribution is -2.11. The molecule has 0 saturated heterocycles. The van der Waals surface area contributed by atoms with Crippen molar-refractivity contribution in [1.29, 1.82) is 0 Å². The maximum Gasteiger partial charge on any atom is 0.224 e. The summed E-state index contributed by atoms with van der Waals surface area (Å²) in [7, 11) is 0. The van der Waals surface area contributed by atoms with Crippen molar-refractivity contribution in [2.45, 2.75) is 33.1 Å². The minimum atomic E-state index is -0.0411. The van der Waals surface area contributed by atoms with E-state index in [0.717, 1.165) is 26.9 Å². The van der Waals surface area contributed by atoms with Crippen LogP contribution < -0.4 is 5.32 Å². The van der Waals surface area contributed by atoms with Crippen molar-refractivity contribution in [3.05, 3.63) is 70.2 Å². The number of Topliss-reactive ketones (excluding diaryl/α,β-unsaturated/α-hetero) is 1. The average Bonchev–Trinajstić information content (AvgIpc) is 2.64. The third kappa shape index (κ3) is 5.40. The van der Waals surface area contributed by atoms with Gasteiger partial charge in [0.25, 0.3) is 0 Å². The van der Waals surface area contributed by atoms with Gasteiger partial charge in [-0.1, -0.05) is 66.2 Å². The Kier molecular flexibility index (Phi) is 7.14. The minimum absolute atomic E-state index is 0.0411. The number of nitrogens with one attached hydrogen (secondary N) is 1. The molecular weight excluding hydrogens is 378 g/mol. The van der Waals surface area contributed by atoms with Gasteiger partial charge in [0.2, 0.25) is 5.91 Å². The van der Waals surface area contributed by atoms with Crippen molar-refractivity contribution in [3.63, 3.8) is 0 Å². The summed E-state index contributed by atoms with van der Waals surface area (Å²) >= 11 is 3.51. The highest BCUT2D eigenvalue weighted by Gasteiger charge is 2.13. The van der Waals surface area contributed by atoms with Gasteiger partial charge in [0.1, 0.15) is 5.78 Å². The Balaban J connectivity index is 2.55. The van der Waals surface area contributed by atoms with Crippen LogP contribution in [0.15, 0.2) is 59.1 Å². The standard InChI is InChI=1S/C21H22BrNO2/c1-3-17(24)11-12-18(15-8-6-5-7-9-15)19-14-16(22)10-13-20(19)23-21(25)4-2/h5-10,12-14H,3-4,11H2,1-2H3,(H,23,25)/b18-12-. The van der Waals surface area contributed by atoms with Gasteiger partial charge in [-0.3, -0.25) is 9.59 Å². The predicted molar refractivity (Wildman–Crippen MR) is 106 cm³/mol. The molecule has 1 amide bonds. The molecule has 0 aliphatic carbocycles. The molecule has 1 N–H and O–H groups in total. The Labute approximate surface area is 157 Å². The second-order valence-electron chi connectivity index (χ2n) is 5.67. The molecule has 0 radical (unpaired) electrons. The fraction of sp³-hybridized carbons (Fsp3) is 0.238. The molecule has 0 aliphatic heterocycles. The zero-order chi connectivity index (χ0) is 18.2. The van der Waals surface area contributed by atoms with E-state index in [2.05, 4.69) is 21.2 Å². The van der Waals surface area contributed by atoms with Crippen LogP contribution in [0.25, 0.3) is 5.57 Å². The molecule has 0 aromatic heterocycles. The summed E-state index contributed by atoms with van der Waals surface area (Å²) in [4.78, 5) is 23.7. The molecule has 25 heavy (non-hydrogen) atoms. The molecule has 0 heterocycles. The van der Waals surface area contributed by atoms with E-state index in [1.54, 1.807) is 0 Å². The van der Waals surface area contributed by atoms with Crippen LogP contribution in [-0.4, -0.2) is 11.7 Å². The third-order valence-electron chi connectivity index (χ3n) is 3.88. The van der Waals surface area contributed by atoms with Crippen LogP contribution in [0.4, 0.5) is 5.69 Å². The molecule has 0 unspecified atom stereocenters. The minimum Gasteiger partial charge on any atom is -0.326 e. The van der Waals surface area contributed by atoms with Crippen molar-refractivity contribution < 1.29 is 9.59 Å². The fourth-order valence-electron chi connectivity index (χ4n) is 2.45. The zero-order valence-corrected chi connectivity index (χ0v) is 16.1. The van der Waals surface area contributed by atoms with E-state index in [9.17, 15) is 9.59 Å². The number of anilines is 1. The molecule has 4 heteroatoms. The number of allylic oxidation sites excluding steroid dienone is 1. The van der Waals surface area contributed by atoms with Crippen LogP contribution >= 0.6 is 15.9 Å². The Morgan fingerprint density at radius 2 is 1.76 bits per heavy atom. The first-order chi connectivity index (χ1) is 12.0. The molecule has 0 aliphatic rings. The van der Waals surface area contributed by atoms with E-state index in [-0.39, 0.29) is 11.7 Å². The quantitative estimate of drug-likeness (QED) is 0.658. The fourth-order valence-corrected chi connectivity index (χ4v) is 2.81. The monoisotopic (exact) mass is 399 g/mol. The Morgan fingerprint density at radius 3 is 2.40 bits per heavy atom. The molecule has 130 valence electrons. The van der Waals surface area contributed by atoms with Gasteiger partial charge in [0, 0.05) is 35.0 Å². The van der Waals surface area contributed by atoms with Gasteiger partial charge >= 0.3 is 0 Å². The number of carbonyl (C=O) groups is 2. The number of halogens is 1. The summed E-state index contributed by atoms with van der Waals surface area (Å²) in [5.41, 5.74) is 3.59. The molecule has 3 nitrogen and oxygen atoms in total. The van der Waals surface area contributed by atoms with Gasteiger partial charge in [-0.25, -0.2) is 0 Å². The normalized spacial score (nSPS) is 11.2. The van der Waals surface area contributed by atoms with Crippen molar-refractivity contribution in [1.82, 2.24) is 0 Å². The number of rotatable bonds is 7. The van der Waals surface area contributed by atoms with Crippen molar-refractivity contribution in [3.8, 4) is 0 Å². The molecule has 2 aromatic carbocycles. The van der Waals surface area contributed by atoms with Crippen molar-refractivity contribution in [2.75, 3.05) is 5.32 Å². The number of hydrogen-bond acceptors (Lipinski definition) is 2. The largest absolute Gasteiger partial charge is 0.326 e. The average molecular weight is 400 g/mol. The summed E-state index contributed by atoms with van der Waals surface area (Å²) in [6.07, 6.45) is 3.24. The summed E-state index contributed by atoms with van der Waals surface area (Å²) in [6, 6.07) is 15.7. The number of amides is 1. The van der Waals surface area contributed by atoms with Gasteiger partial charge in [-0.15, -0.1) is 0 Å². The first-order valence-electron chi connectivity index (χ1n) is 8.42. The third-order valence-corrected chi connectivity index (χ3v) is 4.37. The van der Waals surface area contributed by atoms with Gasteiger partial charge in [0.05, 0.1) is 0 Å². The molecule has 0 atom stereocenters. The van der Waals surface area contributed by atoms with Gasteiger partial charge in [-0.2, -0.15) is 0 Å². The van der Waals surface area contributed by atoms with Gasteiger partial charge < -0.3 is 5.32 Å². The van der Waals surface area contributed by atoms with Gasteiger partial charge in [0.15, 0.2) is 0 Å². The first-order valence-corrected chi connectivity index (χ1v) is 9.21. The topological polar surface area (TPSA) is 46.2 Å². The predicted octanol–water partition coefficient (Wildman–Crippen LogP) is 5.60. The summed E-state index contributed by atoms with van der Waals surface area (Å²) in [6.45, 7) is 3.69. The Morgan fingerprint density at radius 1 is 1.04 bits per heavy atom. The van der Waals surface area contributed by atoms with Gasteiger partial charge in [-0.05, 0) is 29.3 Å². The first kappa shape index (κ1) is 19.1. The summed E-state index contributed by atoms with van der Waals surface area (Å²) < 4.78 is 0.917. The molecule has 0 bridgehead atoms. The highest BCUT2D eigenvalue weighted by Crippen LogP contribution is 2.32. The van der Waals surface area contributed by atoms with Crippen LogP contribution in [0, 0.1) is 0 Å². The lowest BCUT2D eigenvalue weighted by atomic mass is 9.94. The Hall–Kier alpha value is -2.20. The zero-order valence-electron chi connectivity index (χ0n) is 14.5. The summed E-state index contributed by atoms with van der Waals surface area (Å²) in [5.74, 6) is 0.142. The molecule has 2 aromatic rings. The maximum absolute atomic E-state index is 11.9. The van der Waals surface area contributed by atoms with Crippen LogP contribution in [0.3, 0.4) is 0 Å². The Bertz CT molecular complexity index is 782. The van der Waals surface area contributed by atoms with Crippen LogP contribution in [0.1, 0.15) is 44.2 Å². The molecule has 0 saturated carbocycles. The lowest BCUT2D eigenvalue weighted by molar-refractivity contribution is -0.118. The highest BCUT2D eigenvalue weighted by atomic mass is 79.9.